The van der Waals surface area contributed by atoms with E-state index in [4.69, 9.17) is 4.74 Å². The number of aliphatic hydroxyl groups excluding tert-OH is 1. The van der Waals surface area contributed by atoms with Crippen molar-refractivity contribution >= 4 is 5.97 Å². The molecule has 1 aromatic rings. The smallest absolute Gasteiger partial charge is 0.306 e. The van der Waals surface area contributed by atoms with Crippen LogP contribution in [0, 0.1) is 5.92 Å². The van der Waals surface area contributed by atoms with Crippen LogP contribution in [0.3, 0.4) is 0 Å². The minimum atomic E-state index is -0.487. The Morgan fingerprint density at radius 2 is 2.13 bits per heavy atom. The molecular weight excluding hydrogens is 192 g/mol. The predicted molar refractivity (Wildman–Crippen MR) is 55.2 cm³/mol. The van der Waals surface area contributed by atoms with E-state index in [0.29, 0.717) is 19.4 Å². The maximum Gasteiger partial charge on any atom is 0.306 e. The predicted octanol–water partition coefficient (Wildman–Crippen LogP) is 1.15. The zero-order chi connectivity index (χ0) is 10.7. The van der Waals surface area contributed by atoms with Crippen LogP contribution in [0.4, 0.5) is 0 Å². The Balaban J connectivity index is 1.92. The minimum Gasteiger partial charge on any atom is -0.465 e. The maximum atomic E-state index is 10.9. The van der Waals surface area contributed by atoms with Gasteiger partial charge in [0.15, 0.2) is 0 Å². The Bertz CT molecular complexity index is 334. The summed E-state index contributed by atoms with van der Waals surface area (Å²) in [6, 6.07) is 9.77. The van der Waals surface area contributed by atoms with Gasteiger partial charge in [-0.05, 0) is 12.0 Å². The highest BCUT2D eigenvalue weighted by molar-refractivity contribution is 5.71. The molecule has 2 atom stereocenters. The number of aliphatic hydroxyl groups is 1. The average Bonchev–Trinajstić information content (AvgIpc) is 2.66. The lowest BCUT2D eigenvalue weighted by Gasteiger charge is -2.14. The average molecular weight is 206 g/mol. The number of rotatable bonds is 3. The summed E-state index contributed by atoms with van der Waals surface area (Å²) in [6.45, 7) is 0.354. The topological polar surface area (TPSA) is 46.5 Å². The fourth-order valence-corrected chi connectivity index (χ4v) is 1.80. The number of hydrogen-bond donors (Lipinski definition) is 1. The lowest BCUT2D eigenvalue weighted by atomic mass is 9.95. The van der Waals surface area contributed by atoms with Gasteiger partial charge in [-0.15, -0.1) is 0 Å². The van der Waals surface area contributed by atoms with Crippen molar-refractivity contribution in [1.29, 1.82) is 0 Å². The van der Waals surface area contributed by atoms with Gasteiger partial charge in [0.1, 0.15) is 0 Å². The van der Waals surface area contributed by atoms with Crippen LogP contribution in [0.1, 0.15) is 12.0 Å². The van der Waals surface area contributed by atoms with E-state index in [1.165, 1.54) is 0 Å². The summed E-state index contributed by atoms with van der Waals surface area (Å²) in [5.74, 6) is -0.246. The zero-order valence-electron chi connectivity index (χ0n) is 8.43. The van der Waals surface area contributed by atoms with Crippen LogP contribution in [0.2, 0.25) is 0 Å². The van der Waals surface area contributed by atoms with E-state index in [1.807, 2.05) is 30.3 Å². The SMILES string of the molecule is O=C1C[C@@H]([C@H](O)Cc2ccccc2)CO1. The highest BCUT2D eigenvalue weighted by Gasteiger charge is 2.29. The number of cyclic esters (lactones) is 1. The van der Waals surface area contributed by atoms with E-state index < -0.39 is 6.10 Å². The molecule has 1 aliphatic rings. The lowest BCUT2D eigenvalue weighted by molar-refractivity contribution is -0.137. The molecule has 0 amide bonds. The molecular formula is C12H14O3. The first-order chi connectivity index (χ1) is 7.25. The van der Waals surface area contributed by atoms with Crippen molar-refractivity contribution < 1.29 is 14.6 Å². The molecule has 1 heterocycles. The monoisotopic (exact) mass is 206 g/mol. The van der Waals surface area contributed by atoms with Crippen molar-refractivity contribution in [1.82, 2.24) is 0 Å². The molecule has 3 heteroatoms. The summed E-state index contributed by atoms with van der Waals surface area (Å²) < 4.78 is 4.83. The van der Waals surface area contributed by atoms with Gasteiger partial charge in [0.25, 0.3) is 0 Å². The molecule has 1 aromatic carbocycles. The Morgan fingerprint density at radius 1 is 1.40 bits per heavy atom. The molecule has 3 nitrogen and oxygen atoms in total. The van der Waals surface area contributed by atoms with E-state index in [2.05, 4.69) is 0 Å². The van der Waals surface area contributed by atoms with E-state index in [-0.39, 0.29) is 11.9 Å². The van der Waals surface area contributed by atoms with Crippen LogP contribution in [0.25, 0.3) is 0 Å². The highest BCUT2D eigenvalue weighted by atomic mass is 16.5. The molecule has 15 heavy (non-hydrogen) atoms. The molecule has 80 valence electrons. The molecule has 0 bridgehead atoms. The molecule has 0 spiro atoms. The fourth-order valence-electron chi connectivity index (χ4n) is 1.80. The van der Waals surface area contributed by atoms with E-state index in [9.17, 15) is 9.90 Å². The standard InChI is InChI=1S/C12H14O3/c13-11(10-7-12(14)15-8-10)6-9-4-2-1-3-5-9/h1-5,10-11,13H,6-8H2/t10-,11-/m1/s1. The van der Waals surface area contributed by atoms with Crippen LogP contribution in [-0.2, 0) is 16.0 Å². The van der Waals surface area contributed by atoms with E-state index >= 15 is 0 Å². The van der Waals surface area contributed by atoms with Crippen molar-refractivity contribution in [2.75, 3.05) is 6.61 Å². The van der Waals surface area contributed by atoms with Crippen LogP contribution in [0.5, 0.6) is 0 Å². The summed E-state index contributed by atoms with van der Waals surface area (Å²) in [7, 11) is 0. The van der Waals surface area contributed by atoms with Gasteiger partial charge in [-0.1, -0.05) is 30.3 Å². The van der Waals surface area contributed by atoms with Crippen LogP contribution < -0.4 is 0 Å². The number of ether oxygens (including phenoxy) is 1. The molecule has 1 aliphatic heterocycles. The van der Waals surface area contributed by atoms with Gasteiger partial charge in [-0.25, -0.2) is 0 Å². The van der Waals surface area contributed by atoms with Gasteiger partial charge in [0, 0.05) is 5.92 Å². The fraction of sp³-hybridized carbons (Fsp3) is 0.417. The van der Waals surface area contributed by atoms with Crippen LogP contribution in [-0.4, -0.2) is 23.8 Å². The summed E-state index contributed by atoms with van der Waals surface area (Å²) in [4.78, 5) is 10.9. The summed E-state index contributed by atoms with van der Waals surface area (Å²) in [5.41, 5.74) is 1.09. The third-order valence-electron chi connectivity index (χ3n) is 2.72. The van der Waals surface area contributed by atoms with Crippen molar-refractivity contribution in [3.63, 3.8) is 0 Å². The van der Waals surface area contributed by atoms with Gasteiger partial charge < -0.3 is 9.84 Å². The number of carbonyl (C=O) groups is 1. The first-order valence-corrected chi connectivity index (χ1v) is 5.13. The van der Waals surface area contributed by atoms with Gasteiger partial charge >= 0.3 is 5.97 Å². The second-order valence-electron chi connectivity index (χ2n) is 3.90. The molecule has 0 unspecified atom stereocenters. The normalized spacial score (nSPS) is 22.5. The number of carbonyl (C=O) groups excluding carboxylic acids is 1. The first-order valence-electron chi connectivity index (χ1n) is 5.13. The van der Waals surface area contributed by atoms with Crippen molar-refractivity contribution in [3.8, 4) is 0 Å². The van der Waals surface area contributed by atoms with Gasteiger partial charge in [0.05, 0.1) is 19.1 Å². The second-order valence-corrected chi connectivity index (χ2v) is 3.90. The van der Waals surface area contributed by atoms with Gasteiger partial charge in [-0.2, -0.15) is 0 Å². The number of esters is 1. The molecule has 0 radical (unpaired) electrons. The molecule has 0 aromatic heterocycles. The Labute approximate surface area is 88.7 Å². The Hall–Kier alpha value is -1.35. The Morgan fingerprint density at radius 3 is 2.73 bits per heavy atom. The molecule has 1 fully saturated rings. The van der Waals surface area contributed by atoms with Gasteiger partial charge in [0.2, 0.25) is 0 Å². The lowest BCUT2D eigenvalue weighted by Crippen LogP contribution is -2.23. The van der Waals surface area contributed by atoms with Crippen LogP contribution in [0.15, 0.2) is 30.3 Å². The molecule has 1 saturated heterocycles. The summed E-state index contributed by atoms with van der Waals surface area (Å²) >= 11 is 0. The van der Waals surface area contributed by atoms with E-state index in [0.717, 1.165) is 5.56 Å². The highest BCUT2D eigenvalue weighted by Crippen LogP contribution is 2.20. The number of hydrogen-bond acceptors (Lipinski definition) is 3. The maximum absolute atomic E-state index is 10.9. The number of benzene rings is 1. The molecule has 0 saturated carbocycles. The summed E-state index contributed by atoms with van der Waals surface area (Å²) in [6.07, 6.45) is 0.440. The van der Waals surface area contributed by atoms with Crippen molar-refractivity contribution in [2.24, 2.45) is 5.92 Å². The third-order valence-corrected chi connectivity index (χ3v) is 2.72. The second kappa shape index (κ2) is 4.45. The summed E-state index contributed by atoms with van der Waals surface area (Å²) in [5, 5.41) is 9.89. The third kappa shape index (κ3) is 2.57. The minimum absolute atomic E-state index is 0.0438. The zero-order valence-corrected chi connectivity index (χ0v) is 8.43. The van der Waals surface area contributed by atoms with E-state index in [1.54, 1.807) is 0 Å². The quantitative estimate of drug-likeness (QED) is 0.755. The Kier molecular flexibility index (Phi) is 3.02. The van der Waals surface area contributed by atoms with Gasteiger partial charge in [-0.3, -0.25) is 4.79 Å². The van der Waals surface area contributed by atoms with Crippen molar-refractivity contribution in [2.45, 2.75) is 18.9 Å². The van der Waals surface area contributed by atoms with Crippen molar-refractivity contribution in [3.05, 3.63) is 35.9 Å². The largest absolute Gasteiger partial charge is 0.465 e. The molecule has 0 aliphatic carbocycles. The molecule has 1 N–H and O–H groups in total. The van der Waals surface area contributed by atoms with Crippen LogP contribution >= 0.6 is 0 Å². The first kappa shape index (κ1) is 10.2. The molecule has 2 rings (SSSR count).